The summed E-state index contributed by atoms with van der Waals surface area (Å²) in [7, 11) is 1.54. The molecule has 1 fully saturated rings. The van der Waals surface area contributed by atoms with E-state index >= 15 is 0 Å². The lowest BCUT2D eigenvalue weighted by molar-refractivity contribution is -0.130. The summed E-state index contributed by atoms with van der Waals surface area (Å²) in [6, 6.07) is 0. The van der Waals surface area contributed by atoms with Crippen LogP contribution >= 0.6 is 0 Å². The molecule has 0 spiro atoms. The first kappa shape index (κ1) is 13.6. The van der Waals surface area contributed by atoms with Crippen LogP contribution in [0, 0.1) is 0 Å². The Bertz CT molecular complexity index is 439. The van der Waals surface area contributed by atoms with Gasteiger partial charge in [-0.2, -0.15) is 4.98 Å². The summed E-state index contributed by atoms with van der Waals surface area (Å²) < 4.78 is 10.7. The lowest BCUT2D eigenvalue weighted by atomic mass is 10.3. The molecule has 2 heterocycles. The van der Waals surface area contributed by atoms with Crippen molar-refractivity contribution in [3.8, 4) is 11.8 Å². The van der Waals surface area contributed by atoms with E-state index in [1.165, 1.54) is 13.3 Å². The number of hydrogen-bond acceptors (Lipinski definition) is 5. The Morgan fingerprint density at radius 2 is 2.26 bits per heavy atom. The Balaban J connectivity index is 1.89. The van der Waals surface area contributed by atoms with Crippen molar-refractivity contribution in [3.63, 3.8) is 0 Å². The topological polar surface area (TPSA) is 64.6 Å². The molecule has 1 amide bonds. The minimum Gasteiger partial charge on any atom is -0.480 e. The van der Waals surface area contributed by atoms with Gasteiger partial charge in [-0.1, -0.05) is 6.92 Å². The summed E-state index contributed by atoms with van der Waals surface area (Å²) in [5.41, 5.74) is 0. The average molecular weight is 265 g/mol. The van der Waals surface area contributed by atoms with E-state index in [1.807, 2.05) is 11.8 Å². The Labute approximate surface area is 112 Å². The Hall–Kier alpha value is -1.85. The van der Waals surface area contributed by atoms with Gasteiger partial charge in [-0.3, -0.25) is 9.78 Å². The van der Waals surface area contributed by atoms with Crippen LogP contribution in [-0.4, -0.2) is 47.1 Å². The minimum absolute atomic E-state index is 0.0118. The molecule has 1 aliphatic rings. The van der Waals surface area contributed by atoms with Gasteiger partial charge in [0.1, 0.15) is 6.10 Å². The average Bonchev–Trinajstić information content (AvgIpc) is 2.88. The van der Waals surface area contributed by atoms with Gasteiger partial charge >= 0.3 is 0 Å². The second-order valence-electron chi connectivity index (χ2n) is 4.52. The van der Waals surface area contributed by atoms with E-state index in [9.17, 15) is 4.79 Å². The van der Waals surface area contributed by atoms with Crippen LogP contribution in [0.1, 0.15) is 26.2 Å². The molecule has 0 N–H and O–H groups in total. The normalized spacial score (nSPS) is 18.4. The summed E-state index contributed by atoms with van der Waals surface area (Å²) in [5.74, 6) is 1.06. The van der Waals surface area contributed by atoms with Crippen molar-refractivity contribution in [3.05, 3.63) is 12.4 Å². The predicted octanol–water partition coefficient (Wildman–Crippen LogP) is 1.26. The van der Waals surface area contributed by atoms with E-state index in [0.717, 1.165) is 19.4 Å². The number of amides is 1. The first-order chi connectivity index (χ1) is 9.22. The number of aromatic nitrogens is 2. The van der Waals surface area contributed by atoms with Crippen LogP contribution in [0.4, 0.5) is 0 Å². The third-order valence-corrected chi connectivity index (χ3v) is 3.05. The molecule has 1 saturated heterocycles. The second-order valence-corrected chi connectivity index (χ2v) is 4.52. The van der Waals surface area contributed by atoms with Gasteiger partial charge in [-0.25, -0.2) is 0 Å². The van der Waals surface area contributed by atoms with Crippen molar-refractivity contribution in [1.29, 1.82) is 0 Å². The molecule has 1 unspecified atom stereocenters. The van der Waals surface area contributed by atoms with Gasteiger partial charge in [0.25, 0.3) is 0 Å². The van der Waals surface area contributed by atoms with E-state index in [1.54, 1.807) is 6.20 Å². The standard InChI is InChI=1S/C13H19N3O3/c1-3-4-13(17)16-6-5-10(9-16)19-12-8-14-7-11(15-12)18-2/h7-8,10H,3-6,9H2,1-2H3. The van der Waals surface area contributed by atoms with Crippen LogP contribution in [0.25, 0.3) is 0 Å². The first-order valence-electron chi connectivity index (χ1n) is 6.53. The first-order valence-corrected chi connectivity index (χ1v) is 6.53. The number of likely N-dealkylation sites (tertiary alicyclic amines) is 1. The molecule has 104 valence electrons. The molecule has 1 aliphatic heterocycles. The fourth-order valence-corrected chi connectivity index (χ4v) is 2.08. The largest absolute Gasteiger partial charge is 0.480 e. The van der Waals surface area contributed by atoms with E-state index in [-0.39, 0.29) is 12.0 Å². The predicted molar refractivity (Wildman–Crippen MR) is 69.1 cm³/mol. The van der Waals surface area contributed by atoms with Gasteiger partial charge in [0.15, 0.2) is 0 Å². The van der Waals surface area contributed by atoms with Crippen molar-refractivity contribution < 1.29 is 14.3 Å². The molecule has 19 heavy (non-hydrogen) atoms. The summed E-state index contributed by atoms with van der Waals surface area (Å²) in [6.45, 7) is 3.38. The second kappa shape index (κ2) is 6.36. The molecule has 6 heteroatoms. The lowest BCUT2D eigenvalue weighted by Crippen LogP contribution is -2.30. The number of carbonyl (C=O) groups excluding carboxylic acids is 1. The number of carbonyl (C=O) groups is 1. The molecule has 0 radical (unpaired) electrons. The third-order valence-electron chi connectivity index (χ3n) is 3.05. The fourth-order valence-electron chi connectivity index (χ4n) is 2.08. The minimum atomic E-state index is -0.0118. The molecular weight excluding hydrogens is 246 g/mol. The highest BCUT2D eigenvalue weighted by Crippen LogP contribution is 2.18. The van der Waals surface area contributed by atoms with E-state index in [4.69, 9.17) is 9.47 Å². The van der Waals surface area contributed by atoms with Gasteiger partial charge in [0.05, 0.1) is 26.0 Å². The summed E-state index contributed by atoms with van der Waals surface area (Å²) in [6.07, 6.45) is 5.38. The maximum absolute atomic E-state index is 11.8. The summed E-state index contributed by atoms with van der Waals surface area (Å²) in [5, 5.41) is 0. The van der Waals surface area contributed by atoms with Crippen molar-refractivity contribution in [1.82, 2.24) is 14.9 Å². The molecule has 1 aromatic heterocycles. The number of nitrogens with zero attached hydrogens (tertiary/aromatic N) is 3. The number of ether oxygens (including phenoxy) is 2. The van der Waals surface area contributed by atoms with Gasteiger partial charge in [0, 0.05) is 19.4 Å². The van der Waals surface area contributed by atoms with E-state index < -0.39 is 0 Å². The fraction of sp³-hybridized carbons (Fsp3) is 0.615. The SMILES string of the molecule is CCCC(=O)N1CCC(Oc2cncc(OC)n2)C1. The quantitative estimate of drug-likeness (QED) is 0.802. The molecule has 0 aliphatic carbocycles. The van der Waals surface area contributed by atoms with E-state index in [2.05, 4.69) is 9.97 Å². The van der Waals surface area contributed by atoms with Crippen LogP contribution < -0.4 is 9.47 Å². The maximum Gasteiger partial charge on any atom is 0.235 e. The molecule has 2 rings (SSSR count). The van der Waals surface area contributed by atoms with Crippen LogP contribution in [0.5, 0.6) is 11.8 Å². The Kier molecular flexibility index (Phi) is 4.54. The summed E-state index contributed by atoms with van der Waals surface area (Å²) >= 11 is 0. The Morgan fingerprint density at radius 1 is 1.47 bits per heavy atom. The summed E-state index contributed by atoms with van der Waals surface area (Å²) in [4.78, 5) is 21.8. The number of hydrogen-bond donors (Lipinski definition) is 0. The zero-order valence-electron chi connectivity index (χ0n) is 11.3. The monoisotopic (exact) mass is 265 g/mol. The molecule has 0 aromatic carbocycles. The zero-order valence-corrected chi connectivity index (χ0v) is 11.3. The zero-order chi connectivity index (χ0) is 13.7. The molecule has 1 aromatic rings. The Morgan fingerprint density at radius 3 is 3.00 bits per heavy atom. The van der Waals surface area contributed by atoms with Crippen molar-refractivity contribution in [2.24, 2.45) is 0 Å². The number of rotatable bonds is 5. The number of methoxy groups -OCH3 is 1. The smallest absolute Gasteiger partial charge is 0.235 e. The van der Waals surface area contributed by atoms with Crippen molar-refractivity contribution in [2.45, 2.75) is 32.3 Å². The molecular formula is C13H19N3O3. The highest BCUT2D eigenvalue weighted by Gasteiger charge is 2.27. The maximum atomic E-state index is 11.8. The highest BCUT2D eigenvalue weighted by atomic mass is 16.5. The van der Waals surface area contributed by atoms with Crippen molar-refractivity contribution >= 4 is 5.91 Å². The van der Waals surface area contributed by atoms with Gasteiger partial charge < -0.3 is 14.4 Å². The van der Waals surface area contributed by atoms with E-state index in [0.29, 0.717) is 24.7 Å². The molecule has 0 saturated carbocycles. The van der Waals surface area contributed by atoms with Crippen LogP contribution in [0.3, 0.4) is 0 Å². The highest BCUT2D eigenvalue weighted by molar-refractivity contribution is 5.76. The van der Waals surface area contributed by atoms with Crippen LogP contribution in [-0.2, 0) is 4.79 Å². The lowest BCUT2D eigenvalue weighted by Gasteiger charge is -2.16. The molecule has 0 bridgehead atoms. The van der Waals surface area contributed by atoms with Gasteiger partial charge in [0.2, 0.25) is 17.7 Å². The third kappa shape index (κ3) is 3.56. The van der Waals surface area contributed by atoms with Gasteiger partial charge in [-0.15, -0.1) is 0 Å². The molecule has 6 nitrogen and oxygen atoms in total. The van der Waals surface area contributed by atoms with Gasteiger partial charge in [-0.05, 0) is 6.42 Å². The van der Waals surface area contributed by atoms with Crippen molar-refractivity contribution in [2.75, 3.05) is 20.2 Å². The van der Waals surface area contributed by atoms with Crippen LogP contribution in [0.15, 0.2) is 12.4 Å². The molecule has 1 atom stereocenters. The van der Waals surface area contributed by atoms with Crippen LogP contribution in [0.2, 0.25) is 0 Å².